The number of rotatable bonds is 6. The van der Waals surface area contributed by atoms with Crippen LogP contribution in [0.25, 0.3) is 0 Å². The Bertz CT molecular complexity index is 262. The molecule has 0 atom stereocenters. The van der Waals surface area contributed by atoms with E-state index in [1.807, 2.05) is 7.05 Å². The Morgan fingerprint density at radius 1 is 1.16 bits per heavy atom. The molecular weight excluding hydrogens is 236 g/mol. The Morgan fingerprint density at radius 3 is 2.32 bits per heavy atom. The van der Waals surface area contributed by atoms with Gasteiger partial charge in [-0.05, 0) is 62.9 Å². The summed E-state index contributed by atoms with van der Waals surface area (Å²) >= 11 is 0. The monoisotopic (exact) mass is 268 g/mol. The lowest BCUT2D eigenvalue weighted by molar-refractivity contribution is -0.121. The summed E-state index contributed by atoms with van der Waals surface area (Å²) in [6.07, 6.45) is 6.78. The van der Waals surface area contributed by atoms with Crippen molar-refractivity contribution in [2.45, 2.75) is 59.3 Å². The van der Waals surface area contributed by atoms with Crippen LogP contribution >= 0.6 is 0 Å². The maximum Gasteiger partial charge on any atom is 0.220 e. The summed E-state index contributed by atoms with van der Waals surface area (Å²) in [6.45, 7) is 8.85. The maximum absolute atomic E-state index is 11.6. The SMILES string of the molecule is CNCCCC(=O)NCC1CCC(C(C)(C)C)CC1. The molecule has 1 amide bonds. The Hall–Kier alpha value is -0.570. The van der Waals surface area contributed by atoms with Gasteiger partial charge in [-0.25, -0.2) is 0 Å². The van der Waals surface area contributed by atoms with E-state index < -0.39 is 0 Å². The molecule has 0 bridgehead atoms. The van der Waals surface area contributed by atoms with Gasteiger partial charge in [0, 0.05) is 13.0 Å². The van der Waals surface area contributed by atoms with Crippen molar-refractivity contribution in [2.75, 3.05) is 20.1 Å². The molecule has 1 aliphatic rings. The van der Waals surface area contributed by atoms with E-state index in [9.17, 15) is 4.79 Å². The third-order valence-electron chi connectivity index (χ3n) is 4.49. The van der Waals surface area contributed by atoms with E-state index in [2.05, 4.69) is 31.4 Å². The van der Waals surface area contributed by atoms with Gasteiger partial charge in [0.2, 0.25) is 5.91 Å². The van der Waals surface area contributed by atoms with E-state index in [1.54, 1.807) is 0 Å². The molecule has 1 rings (SSSR count). The molecule has 2 N–H and O–H groups in total. The van der Waals surface area contributed by atoms with E-state index in [-0.39, 0.29) is 5.91 Å². The van der Waals surface area contributed by atoms with Crippen LogP contribution in [0.15, 0.2) is 0 Å². The standard InChI is InChI=1S/C16H32N2O/c1-16(2,3)14-9-7-13(8-10-14)12-18-15(19)6-5-11-17-4/h13-14,17H,5-12H2,1-4H3,(H,18,19). The normalized spacial score (nSPS) is 24.2. The third kappa shape index (κ3) is 6.42. The Morgan fingerprint density at radius 2 is 1.79 bits per heavy atom. The second-order valence-corrected chi connectivity index (χ2v) is 7.09. The van der Waals surface area contributed by atoms with Crippen LogP contribution in [0.2, 0.25) is 0 Å². The highest BCUT2D eigenvalue weighted by Gasteiger charge is 2.29. The van der Waals surface area contributed by atoms with E-state index in [4.69, 9.17) is 0 Å². The molecule has 0 aromatic carbocycles. The number of carbonyl (C=O) groups excluding carboxylic acids is 1. The Balaban J connectivity index is 2.14. The van der Waals surface area contributed by atoms with Crippen molar-refractivity contribution in [3.8, 4) is 0 Å². The first-order valence-corrected chi connectivity index (χ1v) is 7.84. The van der Waals surface area contributed by atoms with Crippen LogP contribution in [0.3, 0.4) is 0 Å². The molecule has 0 heterocycles. The summed E-state index contributed by atoms with van der Waals surface area (Å²) in [6, 6.07) is 0. The molecule has 0 radical (unpaired) electrons. The van der Waals surface area contributed by atoms with Crippen LogP contribution in [-0.4, -0.2) is 26.0 Å². The topological polar surface area (TPSA) is 41.1 Å². The van der Waals surface area contributed by atoms with Gasteiger partial charge in [0.05, 0.1) is 0 Å². The number of hydrogen-bond acceptors (Lipinski definition) is 2. The van der Waals surface area contributed by atoms with Gasteiger partial charge in [-0.2, -0.15) is 0 Å². The average Bonchev–Trinajstić information content (AvgIpc) is 2.36. The minimum absolute atomic E-state index is 0.216. The van der Waals surface area contributed by atoms with Gasteiger partial charge in [-0.1, -0.05) is 20.8 Å². The van der Waals surface area contributed by atoms with Crippen molar-refractivity contribution < 1.29 is 4.79 Å². The van der Waals surface area contributed by atoms with Crippen LogP contribution in [0.1, 0.15) is 59.3 Å². The molecule has 1 saturated carbocycles. The summed E-state index contributed by atoms with van der Waals surface area (Å²) in [5.74, 6) is 1.77. The number of nitrogens with one attached hydrogen (secondary N) is 2. The molecule has 112 valence electrons. The summed E-state index contributed by atoms with van der Waals surface area (Å²) in [7, 11) is 1.92. The lowest BCUT2D eigenvalue weighted by atomic mass is 9.70. The third-order valence-corrected chi connectivity index (χ3v) is 4.49. The van der Waals surface area contributed by atoms with E-state index in [0.29, 0.717) is 17.8 Å². The van der Waals surface area contributed by atoms with E-state index >= 15 is 0 Å². The minimum atomic E-state index is 0.216. The second kappa shape index (κ2) is 7.88. The molecule has 3 nitrogen and oxygen atoms in total. The van der Waals surface area contributed by atoms with Gasteiger partial charge in [-0.15, -0.1) is 0 Å². The van der Waals surface area contributed by atoms with Gasteiger partial charge < -0.3 is 10.6 Å². The number of hydrogen-bond donors (Lipinski definition) is 2. The van der Waals surface area contributed by atoms with Crippen molar-refractivity contribution >= 4 is 5.91 Å². The number of amides is 1. The summed E-state index contributed by atoms with van der Waals surface area (Å²) in [5, 5.41) is 6.17. The van der Waals surface area contributed by atoms with Gasteiger partial charge >= 0.3 is 0 Å². The van der Waals surface area contributed by atoms with E-state index in [0.717, 1.165) is 25.4 Å². The smallest absolute Gasteiger partial charge is 0.220 e. The lowest BCUT2D eigenvalue weighted by Crippen LogP contribution is -2.33. The Labute approximate surface area is 118 Å². The number of carbonyl (C=O) groups is 1. The molecular formula is C16H32N2O. The van der Waals surface area contributed by atoms with E-state index in [1.165, 1.54) is 25.7 Å². The predicted molar refractivity (Wildman–Crippen MR) is 81.1 cm³/mol. The largest absolute Gasteiger partial charge is 0.356 e. The van der Waals surface area contributed by atoms with Gasteiger partial charge in [-0.3, -0.25) is 4.79 Å². The molecule has 1 aliphatic carbocycles. The van der Waals surface area contributed by atoms with Crippen LogP contribution in [0.4, 0.5) is 0 Å². The predicted octanol–water partition coefficient (Wildman–Crippen LogP) is 2.95. The van der Waals surface area contributed by atoms with Gasteiger partial charge in [0.15, 0.2) is 0 Å². The molecule has 0 saturated heterocycles. The summed E-state index contributed by atoms with van der Waals surface area (Å²) in [5.41, 5.74) is 0.446. The molecule has 0 spiro atoms. The highest BCUT2D eigenvalue weighted by molar-refractivity contribution is 5.75. The highest BCUT2D eigenvalue weighted by atomic mass is 16.1. The quantitative estimate of drug-likeness (QED) is 0.727. The van der Waals surface area contributed by atoms with Crippen molar-refractivity contribution in [1.29, 1.82) is 0 Å². The fourth-order valence-electron chi connectivity index (χ4n) is 3.00. The van der Waals surface area contributed by atoms with Crippen LogP contribution in [0, 0.1) is 17.3 Å². The molecule has 0 aliphatic heterocycles. The van der Waals surface area contributed by atoms with Gasteiger partial charge in [0.1, 0.15) is 0 Å². The molecule has 0 unspecified atom stereocenters. The van der Waals surface area contributed by atoms with Crippen molar-refractivity contribution in [2.24, 2.45) is 17.3 Å². The fraction of sp³-hybridized carbons (Fsp3) is 0.938. The second-order valence-electron chi connectivity index (χ2n) is 7.09. The molecule has 19 heavy (non-hydrogen) atoms. The Kier molecular flexibility index (Phi) is 6.84. The highest BCUT2D eigenvalue weighted by Crippen LogP contribution is 2.39. The first-order valence-electron chi connectivity index (χ1n) is 7.84. The minimum Gasteiger partial charge on any atom is -0.356 e. The summed E-state index contributed by atoms with van der Waals surface area (Å²) < 4.78 is 0. The molecule has 0 aromatic heterocycles. The maximum atomic E-state index is 11.6. The molecule has 3 heteroatoms. The fourth-order valence-corrected chi connectivity index (χ4v) is 3.00. The zero-order valence-corrected chi connectivity index (χ0v) is 13.2. The van der Waals surface area contributed by atoms with Crippen molar-refractivity contribution in [3.05, 3.63) is 0 Å². The zero-order chi connectivity index (χ0) is 14.3. The molecule has 1 fully saturated rings. The van der Waals surface area contributed by atoms with Crippen LogP contribution < -0.4 is 10.6 Å². The lowest BCUT2D eigenvalue weighted by Gasteiger charge is -2.37. The first-order chi connectivity index (χ1) is 8.93. The van der Waals surface area contributed by atoms with Crippen LogP contribution in [0.5, 0.6) is 0 Å². The van der Waals surface area contributed by atoms with Crippen LogP contribution in [-0.2, 0) is 4.79 Å². The summed E-state index contributed by atoms with van der Waals surface area (Å²) in [4.78, 5) is 11.6. The first kappa shape index (κ1) is 16.5. The van der Waals surface area contributed by atoms with Crippen molar-refractivity contribution in [1.82, 2.24) is 10.6 Å². The molecule has 0 aromatic rings. The van der Waals surface area contributed by atoms with Crippen molar-refractivity contribution in [3.63, 3.8) is 0 Å². The zero-order valence-electron chi connectivity index (χ0n) is 13.2. The van der Waals surface area contributed by atoms with Gasteiger partial charge in [0.25, 0.3) is 0 Å². The average molecular weight is 268 g/mol.